The number of aromatic nitrogens is 6. The second-order valence-electron chi connectivity index (χ2n) is 7.24. The van der Waals surface area contributed by atoms with Crippen molar-refractivity contribution in [3.05, 3.63) is 36.5 Å². The quantitative estimate of drug-likeness (QED) is 0.547. The van der Waals surface area contributed by atoms with Crippen LogP contribution in [0.3, 0.4) is 0 Å². The molecule has 4 heterocycles. The van der Waals surface area contributed by atoms with E-state index in [1.165, 1.54) is 10.7 Å². The molecule has 4 aromatic rings. The van der Waals surface area contributed by atoms with E-state index < -0.39 is 12.2 Å². The van der Waals surface area contributed by atoms with Crippen molar-refractivity contribution in [3.8, 4) is 11.1 Å². The molecule has 10 heteroatoms. The predicted molar refractivity (Wildman–Crippen MR) is 104 cm³/mol. The monoisotopic (exact) mass is 403 g/mol. The first kappa shape index (κ1) is 19.2. The molecule has 0 unspecified atom stereocenters. The van der Waals surface area contributed by atoms with E-state index in [0.717, 1.165) is 29.4 Å². The highest BCUT2D eigenvalue weighted by molar-refractivity contribution is 5.85. The molecule has 0 fully saturated rings. The summed E-state index contributed by atoms with van der Waals surface area (Å²) in [6, 6.07) is 2.33. The molecular weight excluding hydrogens is 383 g/mol. The first-order chi connectivity index (χ1) is 13.6. The van der Waals surface area contributed by atoms with E-state index in [9.17, 15) is 13.2 Å². The molecule has 29 heavy (non-hydrogen) atoms. The largest absolute Gasteiger partial charge is 0.408 e. The van der Waals surface area contributed by atoms with Crippen molar-refractivity contribution in [1.29, 1.82) is 0 Å². The summed E-state index contributed by atoms with van der Waals surface area (Å²) >= 11 is 0. The lowest BCUT2D eigenvalue weighted by Gasteiger charge is -2.16. The van der Waals surface area contributed by atoms with E-state index in [0.29, 0.717) is 11.2 Å². The van der Waals surface area contributed by atoms with E-state index in [4.69, 9.17) is 0 Å². The second kappa shape index (κ2) is 6.71. The Morgan fingerprint density at radius 3 is 2.52 bits per heavy atom. The van der Waals surface area contributed by atoms with Crippen LogP contribution in [-0.4, -0.2) is 41.4 Å². The Labute approximate surface area is 164 Å². The van der Waals surface area contributed by atoms with Crippen LogP contribution in [0.4, 0.5) is 19.1 Å². The lowest BCUT2D eigenvalue weighted by atomic mass is 10.1. The van der Waals surface area contributed by atoms with Gasteiger partial charge in [0.2, 0.25) is 5.95 Å². The average Bonchev–Trinajstić information content (AvgIpc) is 3.19. The Bertz CT molecular complexity index is 1190. The highest BCUT2D eigenvalue weighted by Gasteiger charge is 2.36. The van der Waals surface area contributed by atoms with Crippen molar-refractivity contribution >= 4 is 22.6 Å². The lowest BCUT2D eigenvalue weighted by Crippen LogP contribution is -2.33. The average molecular weight is 403 g/mol. The molecule has 0 aliphatic rings. The van der Waals surface area contributed by atoms with Gasteiger partial charge in [0.05, 0.1) is 17.2 Å². The van der Waals surface area contributed by atoms with Gasteiger partial charge in [-0.1, -0.05) is 0 Å². The number of hydrogen-bond acceptors (Lipinski definition) is 5. The van der Waals surface area contributed by atoms with Crippen LogP contribution >= 0.6 is 0 Å². The van der Waals surface area contributed by atoms with Crippen LogP contribution in [0.5, 0.6) is 0 Å². The fourth-order valence-electron chi connectivity index (χ4n) is 3.38. The minimum Gasteiger partial charge on any atom is -0.341 e. The van der Waals surface area contributed by atoms with Gasteiger partial charge in [0.25, 0.3) is 0 Å². The Morgan fingerprint density at radius 2 is 1.83 bits per heavy atom. The fourth-order valence-corrected chi connectivity index (χ4v) is 3.38. The maximum Gasteiger partial charge on any atom is 0.408 e. The lowest BCUT2D eigenvalue weighted by molar-refractivity contribution is -0.138. The summed E-state index contributed by atoms with van der Waals surface area (Å²) < 4.78 is 41.9. The number of nitrogens with zero attached hydrogens (tertiary/aromatic N) is 6. The van der Waals surface area contributed by atoms with Crippen molar-refractivity contribution in [2.24, 2.45) is 0 Å². The van der Waals surface area contributed by atoms with E-state index in [-0.39, 0.29) is 12.0 Å². The van der Waals surface area contributed by atoms with E-state index in [2.05, 4.69) is 43.8 Å². The predicted octanol–water partition coefficient (Wildman–Crippen LogP) is 4.39. The Morgan fingerprint density at radius 1 is 1.07 bits per heavy atom. The summed E-state index contributed by atoms with van der Waals surface area (Å²) in [6.45, 7) is 7.13. The molecule has 0 aromatic carbocycles. The zero-order valence-corrected chi connectivity index (χ0v) is 16.4. The molecule has 0 amide bonds. The third-order valence-corrected chi connectivity index (χ3v) is 4.80. The summed E-state index contributed by atoms with van der Waals surface area (Å²) in [6.07, 6.45) is 0.541. The van der Waals surface area contributed by atoms with Gasteiger partial charge in [-0.05, 0) is 39.8 Å². The van der Waals surface area contributed by atoms with E-state index in [1.807, 2.05) is 19.1 Å². The second-order valence-corrected chi connectivity index (χ2v) is 7.24. The minimum atomic E-state index is -4.38. The number of halogens is 3. The number of imidazole rings is 1. The number of aryl methyl sites for hydroxylation is 1. The van der Waals surface area contributed by atoms with Gasteiger partial charge in [0, 0.05) is 29.6 Å². The maximum atomic E-state index is 12.8. The highest BCUT2D eigenvalue weighted by atomic mass is 19.4. The van der Waals surface area contributed by atoms with Gasteiger partial charge >= 0.3 is 6.18 Å². The zero-order chi connectivity index (χ0) is 20.9. The smallest absolute Gasteiger partial charge is 0.341 e. The minimum absolute atomic E-state index is 0.0911. The number of hydrogen-bond donors (Lipinski definition) is 1. The van der Waals surface area contributed by atoms with Crippen LogP contribution < -0.4 is 5.32 Å². The molecule has 0 aliphatic carbocycles. The highest BCUT2D eigenvalue weighted by Crippen LogP contribution is 2.29. The molecular formula is C19H20F3N7. The number of rotatable bonds is 4. The van der Waals surface area contributed by atoms with Crippen molar-refractivity contribution < 1.29 is 13.2 Å². The number of nitrogens with one attached hydrogen (secondary N) is 1. The number of alkyl halides is 3. The molecule has 0 bridgehead atoms. The number of anilines is 1. The van der Waals surface area contributed by atoms with Gasteiger partial charge in [0.1, 0.15) is 11.9 Å². The maximum absolute atomic E-state index is 12.8. The summed E-state index contributed by atoms with van der Waals surface area (Å²) in [4.78, 5) is 13.0. The van der Waals surface area contributed by atoms with Crippen LogP contribution in [0.25, 0.3) is 27.8 Å². The van der Waals surface area contributed by atoms with Crippen LogP contribution in [-0.2, 0) is 0 Å². The van der Waals surface area contributed by atoms with Crippen molar-refractivity contribution in [3.63, 3.8) is 0 Å². The fraction of sp³-hybridized carbons (Fsp3) is 0.368. The molecule has 0 saturated heterocycles. The molecule has 0 spiro atoms. The third-order valence-electron chi connectivity index (χ3n) is 4.80. The van der Waals surface area contributed by atoms with Crippen molar-refractivity contribution in [1.82, 2.24) is 29.1 Å². The first-order valence-electron chi connectivity index (χ1n) is 9.17. The summed E-state index contributed by atoms with van der Waals surface area (Å²) in [7, 11) is 0. The third kappa shape index (κ3) is 3.39. The molecule has 0 radical (unpaired) electrons. The Balaban J connectivity index is 1.74. The zero-order valence-electron chi connectivity index (χ0n) is 16.4. The Kier molecular flexibility index (Phi) is 4.44. The molecule has 152 valence electrons. The standard InChI is InChI=1S/C19H20F3N7/c1-10(2)29-12(4)26-17-15(29)7-13(8-23-17)14-5-6-28-16(14)9-24-18(27-28)25-11(3)19(20,21)22/h5-11H,1-4H3,(H,25,27)/t11-/m1/s1. The van der Waals surface area contributed by atoms with Gasteiger partial charge in [0.15, 0.2) is 5.65 Å². The molecule has 4 aromatic heterocycles. The van der Waals surface area contributed by atoms with Gasteiger partial charge in [-0.2, -0.15) is 13.2 Å². The van der Waals surface area contributed by atoms with Crippen LogP contribution in [0.2, 0.25) is 0 Å². The molecule has 1 atom stereocenters. The normalized spacial score (nSPS) is 13.5. The first-order valence-corrected chi connectivity index (χ1v) is 9.17. The summed E-state index contributed by atoms with van der Waals surface area (Å²) in [5.41, 5.74) is 3.96. The van der Waals surface area contributed by atoms with Crippen LogP contribution in [0.15, 0.2) is 30.7 Å². The molecule has 4 rings (SSSR count). The number of pyridine rings is 1. The topological polar surface area (TPSA) is 72.9 Å². The Hall–Kier alpha value is -3.17. The van der Waals surface area contributed by atoms with Gasteiger partial charge in [-0.25, -0.2) is 19.5 Å². The van der Waals surface area contributed by atoms with Crippen LogP contribution in [0.1, 0.15) is 32.6 Å². The summed E-state index contributed by atoms with van der Waals surface area (Å²) in [5.74, 6) is 0.797. The summed E-state index contributed by atoms with van der Waals surface area (Å²) in [5, 5.41) is 6.42. The van der Waals surface area contributed by atoms with Gasteiger partial charge < -0.3 is 9.88 Å². The van der Waals surface area contributed by atoms with Crippen molar-refractivity contribution in [2.75, 3.05) is 5.32 Å². The molecule has 0 saturated carbocycles. The van der Waals surface area contributed by atoms with E-state index in [1.54, 1.807) is 12.4 Å². The molecule has 1 N–H and O–H groups in total. The van der Waals surface area contributed by atoms with E-state index >= 15 is 0 Å². The van der Waals surface area contributed by atoms with Crippen LogP contribution in [0, 0.1) is 6.92 Å². The molecule has 0 aliphatic heterocycles. The number of fused-ring (bicyclic) bond motifs is 2. The van der Waals surface area contributed by atoms with Gasteiger partial charge in [-0.15, -0.1) is 5.10 Å². The van der Waals surface area contributed by atoms with Gasteiger partial charge in [-0.3, -0.25) is 0 Å². The molecule has 7 nitrogen and oxygen atoms in total. The van der Waals surface area contributed by atoms with Crippen molar-refractivity contribution in [2.45, 2.75) is 46.0 Å². The SMILES string of the molecule is Cc1nc2ncc(-c3ccn4nc(N[C@H](C)C(F)(F)F)ncc34)cc2n1C(C)C.